The van der Waals surface area contributed by atoms with Crippen molar-refractivity contribution < 1.29 is 4.79 Å². The van der Waals surface area contributed by atoms with Gasteiger partial charge in [-0.1, -0.05) is 48.9 Å². The minimum atomic E-state index is -0.114. The molecule has 0 aromatic heterocycles. The topological polar surface area (TPSA) is 29.1 Å². The van der Waals surface area contributed by atoms with E-state index in [4.69, 9.17) is 0 Å². The van der Waals surface area contributed by atoms with Crippen molar-refractivity contribution in [2.75, 3.05) is 0 Å². The Labute approximate surface area is 143 Å². The number of aryl methyl sites for hydroxylation is 2. The maximum absolute atomic E-state index is 12.5. The number of carbonyl (C=O) groups excluding carboxylic acids is 1. The minimum absolute atomic E-state index is 0.0712. The molecule has 2 aromatic rings. The molecule has 0 unspecified atom stereocenters. The van der Waals surface area contributed by atoms with Crippen molar-refractivity contribution in [2.45, 2.75) is 50.3 Å². The van der Waals surface area contributed by atoms with Crippen LogP contribution in [0.1, 0.15) is 43.0 Å². The molecule has 2 nitrogen and oxygen atoms in total. The SMILES string of the molecule is CC[C@@H](NC(=O)[C@@H](C)Sc1ccccc1)c1ccc(C)cc1C. The largest absolute Gasteiger partial charge is 0.348 e. The van der Waals surface area contributed by atoms with Gasteiger partial charge in [0.25, 0.3) is 0 Å². The first-order chi connectivity index (χ1) is 11.0. The van der Waals surface area contributed by atoms with Crippen LogP contribution in [0.5, 0.6) is 0 Å². The molecule has 0 radical (unpaired) electrons. The lowest BCUT2D eigenvalue weighted by Gasteiger charge is -2.22. The molecule has 3 heteroatoms. The summed E-state index contributed by atoms with van der Waals surface area (Å²) in [7, 11) is 0. The average molecular weight is 327 g/mol. The summed E-state index contributed by atoms with van der Waals surface area (Å²) in [6, 6.07) is 16.5. The van der Waals surface area contributed by atoms with E-state index >= 15 is 0 Å². The molecule has 0 spiro atoms. The molecule has 1 amide bonds. The zero-order valence-corrected chi connectivity index (χ0v) is 15.1. The molecular weight excluding hydrogens is 302 g/mol. The molecule has 0 bridgehead atoms. The number of thioether (sulfide) groups is 1. The summed E-state index contributed by atoms with van der Waals surface area (Å²) >= 11 is 1.59. The van der Waals surface area contributed by atoms with Crippen molar-refractivity contribution in [3.8, 4) is 0 Å². The van der Waals surface area contributed by atoms with Crippen LogP contribution in [0.15, 0.2) is 53.4 Å². The molecular formula is C20H25NOS. The van der Waals surface area contributed by atoms with Gasteiger partial charge >= 0.3 is 0 Å². The Hall–Kier alpha value is -1.74. The van der Waals surface area contributed by atoms with Crippen LogP contribution < -0.4 is 5.32 Å². The van der Waals surface area contributed by atoms with Crippen molar-refractivity contribution in [1.82, 2.24) is 5.32 Å². The number of amides is 1. The molecule has 1 N–H and O–H groups in total. The monoisotopic (exact) mass is 327 g/mol. The Morgan fingerprint density at radius 3 is 2.43 bits per heavy atom. The van der Waals surface area contributed by atoms with Crippen molar-refractivity contribution in [3.05, 3.63) is 65.2 Å². The van der Waals surface area contributed by atoms with Crippen LogP contribution in [0.4, 0.5) is 0 Å². The highest BCUT2D eigenvalue weighted by atomic mass is 32.2. The summed E-state index contributed by atoms with van der Waals surface area (Å²) in [6.07, 6.45) is 0.887. The zero-order valence-electron chi connectivity index (χ0n) is 14.3. The maximum Gasteiger partial charge on any atom is 0.233 e. The molecule has 0 aliphatic carbocycles. The van der Waals surface area contributed by atoms with Gasteiger partial charge in [0.15, 0.2) is 0 Å². The number of hydrogen-bond acceptors (Lipinski definition) is 2. The molecule has 2 rings (SSSR count). The van der Waals surface area contributed by atoms with Gasteiger partial charge in [-0.25, -0.2) is 0 Å². The van der Waals surface area contributed by atoms with E-state index in [9.17, 15) is 4.79 Å². The highest BCUT2D eigenvalue weighted by Crippen LogP contribution is 2.25. The van der Waals surface area contributed by atoms with E-state index < -0.39 is 0 Å². The van der Waals surface area contributed by atoms with E-state index in [0.717, 1.165) is 11.3 Å². The Morgan fingerprint density at radius 2 is 1.83 bits per heavy atom. The quantitative estimate of drug-likeness (QED) is 0.752. The summed E-state index contributed by atoms with van der Waals surface area (Å²) in [5.74, 6) is 0.0886. The van der Waals surface area contributed by atoms with Gasteiger partial charge in [0.2, 0.25) is 5.91 Å². The molecule has 0 aliphatic heterocycles. The predicted octanol–water partition coefficient (Wildman–Crippen LogP) is 5.05. The molecule has 23 heavy (non-hydrogen) atoms. The van der Waals surface area contributed by atoms with Crippen molar-refractivity contribution in [3.63, 3.8) is 0 Å². The number of benzene rings is 2. The lowest BCUT2D eigenvalue weighted by atomic mass is 9.97. The van der Waals surface area contributed by atoms with Crippen molar-refractivity contribution >= 4 is 17.7 Å². The Morgan fingerprint density at radius 1 is 1.13 bits per heavy atom. The predicted molar refractivity (Wildman–Crippen MR) is 98.9 cm³/mol. The first-order valence-electron chi connectivity index (χ1n) is 8.10. The first-order valence-corrected chi connectivity index (χ1v) is 8.98. The average Bonchev–Trinajstić information content (AvgIpc) is 2.54. The Balaban J connectivity index is 2.04. The first kappa shape index (κ1) is 17.6. The normalized spacial score (nSPS) is 13.4. The molecule has 0 saturated carbocycles. The van der Waals surface area contributed by atoms with Gasteiger partial charge < -0.3 is 5.32 Å². The van der Waals surface area contributed by atoms with Crippen LogP contribution >= 0.6 is 11.8 Å². The lowest BCUT2D eigenvalue weighted by molar-refractivity contribution is -0.121. The van der Waals surface area contributed by atoms with E-state index in [1.165, 1.54) is 16.7 Å². The third-order valence-electron chi connectivity index (χ3n) is 3.95. The Kier molecular flexibility index (Phi) is 6.28. The summed E-state index contributed by atoms with van der Waals surface area (Å²) in [5, 5.41) is 3.09. The van der Waals surface area contributed by atoms with Crippen LogP contribution in [0.3, 0.4) is 0 Å². The van der Waals surface area contributed by atoms with E-state index in [0.29, 0.717) is 0 Å². The highest BCUT2D eigenvalue weighted by Gasteiger charge is 2.19. The zero-order chi connectivity index (χ0) is 16.8. The van der Waals surface area contributed by atoms with E-state index in [2.05, 4.69) is 44.3 Å². The van der Waals surface area contributed by atoms with Crippen LogP contribution in [0, 0.1) is 13.8 Å². The van der Waals surface area contributed by atoms with Gasteiger partial charge in [-0.15, -0.1) is 11.8 Å². The van der Waals surface area contributed by atoms with Crippen LogP contribution in [-0.2, 0) is 4.79 Å². The Bertz CT molecular complexity index is 654. The van der Waals surface area contributed by atoms with Crippen LogP contribution in [0.2, 0.25) is 0 Å². The molecule has 2 aromatic carbocycles. The molecule has 0 heterocycles. The number of rotatable bonds is 6. The third kappa shape index (κ3) is 4.87. The third-order valence-corrected chi connectivity index (χ3v) is 5.06. The van der Waals surface area contributed by atoms with Crippen LogP contribution in [0.25, 0.3) is 0 Å². The van der Waals surface area contributed by atoms with Crippen molar-refractivity contribution in [1.29, 1.82) is 0 Å². The van der Waals surface area contributed by atoms with Gasteiger partial charge in [0.05, 0.1) is 11.3 Å². The number of carbonyl (C=O) groups is 1. The molecule has 0 aliphatic rings. The second-order valence-electron chi connectivity index (χ2n) is 5.90. The maximum atomic E-state index is 12.5. The van der Waals surface area contributed by atoms with Gasteiger partial charge in [0, 0.05) is 4.90 Å². The number of nitrogens with one attached hydrogen (secondary N) is 1. The minimum Gasteiger partial charge on any atom is -0.348 e. The molecule has 2 atom stereocenters. The fourth-order valence-corrected chi connectivity index (χ4v) is 3.56. The molecule has 0 fully saturated rings. The highest BCUT2D eigenvalue weighted by molar-refractivity contribution is 8.00. The lowest BCUT2D eigenvalue weighted by Crippen LogP contribution is -2.34. The molecule has 0 saturated heterocycles. The fourth-order valence-electron chi connectivity index (χ4n) is 2.66. The fraction of sp³-hybridized carbons (Fsp3) is 0.350. The van der Waals surface area contributed by atoms with Gasteiger partial charge in [-0.3, -0.25) is 4.79 Å². The van der Waals surface area contributed by atoms with E-state index in [1.54, 1.807) is 11.8 Å². The summed E-state index contributed by atoms with van der Waals surface area (Å²) in [4.78, 5) is 13.7. The van der Waals surface area contributed by atoms with Crippen molar-refractivity contribution in [2.24, 2.45) is 0 Å². The standard InChI is InChI=1S/C20H25NOS/c1-5-19(18-12-11-14(2)13-15(18)3)21-20(22)16(4)23-17-9-7-6-8-10-17/h6-13,16,19H,5H2,1-4H3,(H,21,22)/t16-,19-/m1/s1. The van der Waals surface area contributed by atoms with Crippen LogP contribution in [-0.4, -0.2) is 11.2 Å². The second kappa shape index (κ2) is 8.21. The number of hydrogen-bond donors (Lipinski definition) is 1. The van der Waals surface area contributed by atoms with Gasteiger partial charge in [-0.05, 0) is 50.5 Å². The smallest absolute Gasteiger partial charge is 0.233 e. The van der Waals surface area contributed by atoms with E-state index in [1.807, 2.05) is 37.3 Å². The van der Waals surface area contributed by atoms with Gasteiger partial charge in [0.1, 0.15) is 0 Å². The van der Waals surface area contributed by atoms with E-state index in [-0.39, 0.29) is 17.2 Å². The summed E-state index contributed by atoms with van der Waals surface area (Å²) in [5.41, 5.74) is 3.70. The summed E-state index contributed by atoms with van der Waals surface area (Å²) < 4.78 is 0. The summed E-state index contributed by atoms with van der Waals surface area (Å²) in [6.45, 7) is 8.27. The van der Waals surface area contributed by atoms with Gasteiger partial charge in [-0.2, -0.15) is 0 Å². The molecule has 122 valence electrons. The second-order valence-corrected chi connectivity index (χ2v) is 7.32.